The lowest BCUT2D eigenvalue weighted by molar-refractivity contribution is -0.115. The highest BCUT2D eigenvalue weighted by Gasteiger charge is 2.05. The van der Waals surface area contributed by atoms with Crippen LogP contribution in [0.5, 0.6) is 0 Å². The lowest BCUT2D eigenvalue weighted by Gasteiger charge is -2.08. The molecule has 1 heterocycles. The third kappa shape index (κ3) is 4.95. The molecular formula is C19H15Cl2N3O. The minimum Gasteiger partial charge on any atom is -0.340 e. The molecule has 0 saturated heterocycles. The molecule has 0 fully saturated rings. The van der Waals surface area contributed by atoms with Crippen molar-refractivity contribution in [3.05, 3.63) is 82.5 Å². The number of halogens is 2. The Labute approximate surface area is 155 Å². The molecular weight excluding hydrogens is 357 g/mol. The molecule has 25 heavy (non-hydrogen) atoms. The smallest absolute Gasteiger partial charge is 0.228 e. The molecule has 0 bridgehead atoms. The number of benzene rings is 2. The Kier molecular flexibility index (Phi) is 5.53. The van der Waals surface area contributed by atoms with E-state index < -0.39 is 0 Å². The average molecular weight is 372 g/mol. The van der Waals surface area contributed by atoms with Crippen molar-refractivity contribution in [2.24, 2.45) is 0 Å². The van der Waals surface area contributed by atoms with E-state index in [0.717, 1.165) is 11.3 Å². The van der Waals surface area contributed by atoms with Gasteiger partial charge in [-0.15, -0.1) is 0 Å². The summed E-state index contributed by atoms with van der Waals surface area (Å²) in [5, 5.41) is 6.92. The minimum atomic E-state index is -0.0850. The summed E-state index contributed by atoms with van der Waals surface area (Å²) < 4.78 is 0. The monoisotopic (exact) mass is 371 g/mol. The fourth-order valence-corrected chi connectivity index (χ4v) is 2.55. The van der Waals surface area contributed by atoms with Crippen molar-refractivity contribution in [3.63, 3.8) is 0 Å². The van der Waals surface area contributed by atoms with E-state index in [2.05, 4.69) is 15.6 Å². The number of amides is 1. The summed E-state index contributed by atoms with van der Waals surface area (Å²) in [5.74, 6) is 0.553. The first-order valence-electron chi connectivity index (χ1n) is 7.62. The van der Waals surface area contributed by atoms with Crippen molar-refractivity contribution in [2.45, 2.75) is 6.42 Å². The number of rotatable bonds is 5. The van der Waals surface area contributed by atoms with Gasteiger partial charge in [0.1, 0.15) is 5.82 Å². The van der Waals surface area contributed by atoms with Gasteiger partial charge in [0.25, 0.3) is 0 Å². The molecule has 6 heteroatoms. The Hall–Kier alpha value is -2.56. The molecule has 0 spiro atoms. The molecule has 0 radical (unpaired) electrons. The van der Waals surface area contributed by atoms with Gasteiger partial charge in [-0.2, -0.15) is 0 Å². The second-order valence-corrected chi connectivity index (χ2v) is 6.21. The van der Waals surface area contributed by atoms with Crippen LogP contribution in [-0.4, -0.2) is 10.9 Å². The Morgan fingerprint density at radius 3 is 2.36 bits per heavy atom. The number of hydrogen-bond acceptors (Lipinski definition) is 3. The van der Waals surface area contributed by atoms with Crippen LogP contribution >= 0.6 is 23.2 Å². The van der Waals surface area contributed by atoms with Gasteiger partial charge in [-0.05, 0) is 35.9 Å². The van der Waals surface area contributed by atoms with Crippen LogP contribution < -0.4 is 10.6 Å². The Morgan fingerprint density at radius 1 is 0.920 bits per heavy atom. The number of carbonyl (C=O) groups excluding carboxylic acids is 1. The summed E-state index contributed by atoms with van der Waals surface area (Å²) in [6.07, 6.45) is 1.92. The number of anilines is 3. The maximum Gasteiger partial charge on any atom is 0.228 e. The second-order valence-electron chi connectivity index (χ2n) is 5.40. The van der Waals surface area contributed by atoms with Crippen LogP contribution in [0.3, 0.4) is 0 Å². The van der Waals surface area contributed by atoms with E-state index in [4.69, 9.17) is 23.2 Å². The van der Waals surface area contributed by atoms with Crippen LogP contribution in [0.1, 0.15) is 5.56 Å². The Bertz CT molecular complexity index is 868. The Balaban J connectivity index is 1.60. The van der Waals surface area contributed by atoms with Gasteiger partial charge in [0.2, 0.25) is 5.91 Å². The fraction of sp³-hybridized carbons (Fsp3) is 0.0526. The quantitative estimate of drug-likeness (QED) is 0.638. The van der Waals surface area contributed by atoms with Gasteiger partial charge in [-0.1, -0.05) is 53.5 Å². The third-order valence-electron chi connectivity index (χ3n) is 3.45. The molecule has 0 saturated carbocycles. The summed E-state index contributed by atoms with van der Waals surface area (Å²) in [5.41, 5.74) is 2.38. The molecule has 126 valence electrons. The van der Waals surface area contributed by atoms with Crippen LogP contribution in [-0.2, 0) is 11.2 Å². The molecule has 1 aromatic heterocycles. The van der Waals surface area contributed by atoms with Crippen LogP contribution in [0.2, 0.25) is 10.0 Å². The van der Waals surface area contributed by atoms with Crippen LogP contribution in [0.4, 0.5) is 17.2 Å². The molecule has 3 rings (SSSR count). The van der Waals surface area contributed by atoms with Crippen molar-refractivity contribution >= 4 is 46.3 Å². The van der Waals surface area contributed by atoms with Crippen LogP contribution in [0, 0.1) is 0 Å². The van der Waals surface area contributed by atoms with Crippen LogP contribution in [0.25, 0.3) is 0 Å². The zero-order valence-electron chi connectivity index (χ0n) is 13.2. The van der Waals surface area contributed by atoms with Gasteiger partial charge in [-0.25, -0.2) is 4.98 Å². The van der Waals surface area contributed by atoms with E-state index in [1.807, 2.05) is 36.4 Å². The van der Waals surface area contributed by atoms with Crippen LogP contribution in [0.15, 0.2) is 66.9 Å². The maximum atomic E-state index is 12.0. The second kappa shape index (κ2) is 8.01. The number of carbonyl (C=O) groups is 1. The van der Waals surface area contributed by atoms with Gasteiger partial charge in [0.05, 0.1) is 28.4 Å². The average Bonchev–Trinajstić information content (AvgIpc) is 2.61. The fourth-order valence-electron chi connectivity index (χ4n) is 2.25. The normalized spacial score (nSPS) is 10.3. The summed E-state index contributed by atoms with van der Waals surface area (Å²) >= 11 is 11.9. The Morgan fingerprint density at radius 2 is 1.68 bits per heavy atom. The first-order valence-corrected chi connectivity index (χ1v) is 8.38. The summed E-state index contributed by atoms with van der Waals surface area (Å²) in [4.78, 5) is 16.3. The van der Waals surface area contributed by atoms with E-state index in [-0.39, 0.29) is 5.91 Å². The molecule has 2 N–H and O–H groups in total. The van der Waals surface area contributed by atoms with Gasteiger partial charge in [0, 0.05) is 5.69 Å². The zero-order chi connectivity index (χ0) is 17.6. The number of nitrogens with one attached hydrogen (secondary N) is 2. The molecule has 4 nitrogen and oxygen atoms in total. The molecule has 0 aliphatic rings. The molecule has 3 aromatic rings. The predicted molar refractivity (Wildman–Crippen MR) is 103 cm³/mol. The number of pyridine rings is 1. The summed E-state index contributed by atoms with van der Waals surface area (Å²) in [6.45, 7) is 0. The minimum absolute atomic E-state index is 0.0850. The summed E-state index contributed by atoms with van der Waals surface area (Å²) in [6, 6.07) is 18.4. The number of nitrogens with zero attached hydrogens (tertiary/aromatic N) is 1. The molecule has 0 aliphatic heterocycles. The largest absolute Gasteiger partial charge is 0.340 e. The topological polar surface area (TPSA) is 54.0 Å². The lowest BCUT2D eigenvalue weighted by Crippen LogP contribution is -2.14. The van der Waals surface area contributed by atoms with E-state index in [9.17, 15) is 4.79 Å². The van der Waals surface area contributed by atoms with Gasteiger partial charge in [0.15, 0.2) is 0 Å². The van der Waals surface area contributed by atoms with Crippen molar-refractivity contribution in [1.29, 1.82) is 0 Å². The molecule has 1 amide bonds. The molecule has 0 unspecified atom stereocenters. The van der Waals surface area contributed by atoms with Gasteiger partial charge < -0.3 is 10.6 Å². The van der Waals surface area contributed by atoms with Crippen molar-refractivity contribution in [3.8, 4) is 0 Å². The van der Waals surface area contributed by atoms with E-state index in [0.29, 0.717) is 28.0 Å². The maximum absolute atomic E-state index is 12.0. The first kappa shape index (κ1) is 17.3. The highest BCUT2D eigenvalue weighted by Crippen LogP contribution is 2.26. The van der Waals surface area contributed by atoms with Crippen molar-refractivity contribution in [2.75, 3.05) is 10.6 Å². The molecule has 2 aromatic carbocycles. The highest BCUT2D eigenvalue weighted by atomic mass is 35.5. The molecule has 0 atom stereocenters. The van der Waals surface area contributed by atoms with Crippen molar-refractivity contribution in [1.82, 2.24) is 4.98 Å². The van der Waals surface area contributed by atoms with E-state index in [1.165, 1.54) is 0 Å². The number of hydrogen-bond donors (Lipinski definition) is 2. The predicted octanol–water partition coefficient (Wildman–Crippen LogP) is 5.31. The lowest BCUT2D eigenvalue weighted by atomic mass is 10.1. The van der Waals surface area contributed by atoms with Crippen molar-refractivity contribution < 1.29 is 4.79 Å². The third-order valence-corrected chi connectivity index (χ3v) is 4.19. The SMILES string of the molecule is O=C(Cc1ccccc1)Nc1ccc(Nc2ccc(Cl)c(Cl)c2)nc1. The van der Waals surface area contributed by atoms with Gasteiger partial charge in [-0.3, -0.25) is 4.79 Å². The van der Waals surface area contributed by atoms with Gasteiger partial charge >= 0.3 is 0 Å². The standard InChI is InChI=1S/C19H15Cl2N3O/c20-16-8-6-14(11-17(16)21)23-18-9-7-15(12-22-18)24-19(25)10-13-4-2-1-3-5-13/h1-9,11-12H,10H2,(H,22,23)(H,24,25). The molecule has 0 aliphatic carbocycles. The van der Waals surface area contributed by atoms with E-state index in [1.54, 1.807) is 30.5 Å². The zero-order valence-corrected chi connectivity index (χ0v) is 14.7. The van der Waals surface area contributed by atoms with E-state index >= 15 is 0 Å². The highest BCUT2D eigenvalue weighted by molar-refractivity contribution is 6.42. The summed E-state index contributed by atoms with van der Waals surface area (Å²) in [7, 11) is 0. The number of aromatic nitrogens is 1. The first-order chi connectivity index (χ1) is 12.1.